The van der Waals surface area contributed by atoms with E-state index in [2.05, 4.69) is 0 Å². The van der Waals surface area contributed by atoms with Gasteiger partial charge in [0.05, 0.1) is 46.2 Å². The van der Waals surface area contributed by atoms with E-state index in [1.54, 1.807) is 0 Å². The molecule has 6 heterocycles. The second-order valence-electron chi connectivity index (χ2n) is 17.5. The zero-order chi connectivity index (χ0) is 52.2. The maximum absolute atomic E-state index is 11.2. The summed E-state index contributed by atoms with van der Waals surface area (Å²) in [5.74, 6) is -2.20. The molecule has 32 nitrogen and oxygen atoms in total. The Morgan fingerprint density at radius 1 is 0.380 bits per heavy atom. The Balaban J connectivity index is 1.08. The quantitative estimate of drug-likeness (QED) is 0.0504. The van der Waals surface area contributed by atoms with Crippen molar-refractivity contribution in [2.45, 2.75) is 178 Å². The first-order valence-electron chi connectivity index (χ1n) is 22.6. The van der Waals surface area contributed by atoms with Gasteiger partial charge in [0.2, 0.25) is 5.76 Å². The number of aliphatic hydroxyl groups is 19. The molecule has 32 heteroatoms. The van der Waals surface area contributed by atoms with Crippen LogP contribution in [0.25, 0.3) is 0 Å². The van der Waals surface area contributed by atoms with Crippen LogP contribution >= 0.6 is 0 Å². The van der Waals surface area contributed by atoms with Gasteiger partial charge in [0.1, 0.15) is 128 Å². The highest BCUT2D eigenvalue weighted by molar-refractivity contribution is 5.11. The van der Waals surface area contributed by atoms with Gasteiger partial charge < -0.3 is 160 Å². The van der Waals surface area contributed by atoms with E-state index in [9.17, 15) is 97.0 Å². The van der Waals surface area contributed by atoms with Gasteiger partial charge in [0.15, 0.2) is 43.7 Å². The molecule has 6 aliphatic heterocycles. The molecular weight excluding hydrogens is 978 g/mol. The zero-order valence-corrected chi connectivity index (χ0v) is 37.5. The lowest BCUT2D eigenvalue weighted by Crippen LogP contribution is -2.67. The SMILES string of the molecule is NCCCO[C@H]1OC(CO)[C@@H](O[C@@H]2OC(CO)[C@@H](OC3=C(O)C(O)[C@@H](O[C@H]4OC(CO)[C@@H](O[C@@H]5OC(CO)[C@@H](O[C@H]6OC(CO)[C@H](O)C(O)C6O)C(O)C5O)C(O)C4O)C(CO)O3)C(O)C2O)C(O)C1O. The average Bonchev–Trinajstić information content (AvgIpc) is 3.36. The fourth-order valence-electron chi connectivity index (χ4n) is 8.68. The average molecular weight is 1050 g/mol. The molecule has 0 aliphatic carbocycles. The molecule has 0 bridgehead atoms. The van der Waals surface area contributed by atoms with Crippen molar-refractivity contribution >= 4 is 0 Å². The molecule has 6 rings (SSSR count). The lowest BCUT2D eigenvalue weighted by Gasteiger charge is -2.48. The highest BCUT2D eigenvalue weighted by Gasteiger charge is 2.57. The molecule has 0 aromatic carbocycles. The molecule has 0 amide bonds. The molecule has 5 saturated heterocycles. The number of rotatable bonds is 20. The second kappa shape index (κ2) is 25.7. The Bertz CT molecular complexity index is 1650. The third-order valence-corrected chi connectivity index (χ3v) is 12.8. The topological polar surface area (TPSA) is 521 Å². The van der Waals surface area contributed by atoms with Crippen LogP contribution in [0, 0.1) is 0 Å². The summed E-state index contributed by atoms with van der Waals surface area (Å²) in [7, 11) is 0. The Morgan fingerprint density at radius 3 is 1.13 bits per heavy atom. The summed E-state index contributed by atoms with van der Waals surface area (Å²) in [5, 5.41) is 201. The second-order valence-corrected chi connectivity index (χ2v) is 17.5. The smallest absolute Gasteiger partial charge is 0.322 e. The van der Waals surface area contributed by atoms with E-state index in [0.717, 1.165) is 0 Å². The molecule has 21 N–H and O–H groups in total. The molecule has 28 atom stereocenters. The van der Waals surface area contributed by atoms with Crippen LogP contribution in [0.15, 0.2) is 11.7 Å². The molecule has 17 unspecified atom stereocenters. The lowest BCUT2D eigenvalue weighted by atomic mass is 9.96. The molecular formula is C39H67NO31. The van der Waals surface area contributed by atoms with Gasteiger partial charge in [-0.25, -0.2) is 0 Å². The van der Waals surface area contributed by atoms with Gasteiger partial charge in [-0.2, -0.15) is 0 Å². The molecule has 414 valence electrons. The standard InChI is InChI=1S/C39H67NO31/c40-2-1-3-60-34-24(55)18(49)29(11(5-42)62-34)68-36-26(57)20(51)31(13(7-44)64-36)70-38-28(59)22(53)33(15(9-46)66-38)71-39-27(58)21(52)32(14(8-45)65-39)69-37-25(56)19(50)30(12(6-43)63-37)67-35-23(54)17(48)16(47)10(4-41)61-35/h10-27,29-37,39,41-59H,1-9,40H2/t10?,11?,12?,13?,14?,15?,16-,17?,18?,19?,20?,21?,22?,23?,24?,25?,26?,27?,29+,30+,31+,32+,33-,34-,35+,36-,37-,39+/m0/s1. The van der Waals surface area contributed by atoms with Crippen LogP contribution in [-0.2, 0) is 56.8 Å². The number of ether oxygens (including phenoxy) is 12. The van der Waals surface area contributed by atoms with Crippen molar-refractivity contribution in [1.82, 2.24) is 0 Å². The number of nitrogens with two attached hydrogens (primary N) is 1. The van der Waals surface area contributed by atoms with Crippen molar-refractivity contribution < 1.29 is 154 Å². The van der Waals surface area contributed by atoms with Gasteiger partial charge in [-0.3, -0.25) is 0 Å². The van der Waals surface area contributed by atoms with E-state index in [1.165, 1.54) is 0 Å². The summed E-state index contributed by atoms with van der Waals surface area (Å²) in [6.07, 6.45) is -51.4. The van der Waals surface area contributed by atoms with Crippen molar-refractivity contribution in [3.8, 4) is 0 Å². The molecule has 0 aromatic heterocycles. The monoisotopic (exact) mass is 1050 g/mol. The van der Waals surface area contributed by atoms with E-state index in [-0.39, 0.29) is 13.2 Å². The molecule has 0 radical (unpaired) electrons. The van der Waals surface area contributed by atoms with Crippen LogP contribution in [0.5, 0.6) is 0 Å². The van der Waals surface area contributed by atoms with Crippen LogP contribution in [-0.4, -0.2) is 322 Å². The van der Waals surface area contributed by atoms with E-state index in [4.69, 9.17) is 62.6 Å². The molecule has 0 spiro atoms. The first kappa shape index (κ1) is 58.2. The fourth-order valence-corrected chi connectivity index (χ4v) is 8.68. The van der Waals surface area contributed by atoms with Crippen LogP contribution in [0.4, 0.5) is 0 Å². The van der Waals surface area contributed by atoms with Crippen LogP contribution in [0.3, 0.4) is 0 Å². The Morgan fingerprint density at radius 2 is 0.718 bits per heavy atom. The number of hydrogen-bond acceptors (Lipinski definition) is 32. The van der Waals surface area contributed by atoms with Crippen LogP contribution in [0.2, 0.25) is 0 Å². The van der Waals surface area contributed by atoms with Gasteiger partial charge in [-0.15, -0.1) is 0 Å². The maximum atomic E-state index is 11.2. The summed E-state index contributed by atoms with van der Waals surface area (Å²) >= 11 is 0. The number of hydrogen-bond donors (Lipinski definition) is 20. The molecule has 6 aliphatic rings. The molecule has 71 heavy (non-hydrogen) atoms. The van der Waals surface area contributed by atoms with Crippen molar-refractivity contribution in [3.05, 3.63) is 11.7 Å². The summed E-state index contributed by atoms with van der Waals surface area (Å²) in [4.78, 5) is 0. The van der Waals surface area contributed by atoms with Gasteiger partial charge in [-0.05, 0) is 13.0 Å². The third kappa shape index (κ3) is 12.3. The van der Waals surface area contributed by atoms with Gasteiger partial charge in [-0.1, -0.05) is 0 Å². The largest absolute Gasteiger partial charge is 0.504 e. The fraction of sp³-hybridized carbons (Fsp3) is 0.949. The first-order valence-corrected chi connectivity index (χ1v) is 22.6. The maximum Gasteiger partial charge on any atom is 0.322 e. The van der Waals surface area contributed by atoms with Crippen LogP contribution < -0.4 is 5.73 Å². The highest BCUT2D eigenvalue weighted by atomic mass is 16.8. The lowest BCUT2D eigenvalue weighted by molar-refractivity contribution is -0.383. The third-order valence-electron chi connectivity index (χ3n) is 12.8. The van der Waals surface area contributed by atoms with E-state index < -0.39 is 223 Å². The zero-order valence-electron chi connectivity index (χ0n) is 37.5. The predicted molar refractivity (Wildman–Crippen MR) is 216 cm³/mol. The van der Waals surface area contributed by atoms with E-state index in [0.29, 0.717) is 6.42 Å². The molecule has 5 fully saturated rings. The first-order chi connectivity index (χ1) is 33.8. The Labute approximate surface area is 402 Å². The van der Waals surface area contributed by atoms with Gasteiger partial charge in [0.25, 0.3) is 0 Å². The minimum atomic E-state index is -2.25. The minimum Gasteiger partial charge on any atom is -0.504 e. The van der Waals surface area contributed by atoms with Crippen LogP contribution in [0.1, 0.15) is 6.42 Å². The van der Waals surface area contributed by atoms with Crippen molar-refractivity contribution in [2.75, 3.05) is 52.8 Å². The van der Waals surface area contributed by atoms with Gasteiger partial charge in [0, 0.05) is 0 Å². The normalized spacial score (nSPS) is 48.8. The summed E-state index contributed by atoms with van der Waals surface area (Å²) < 4.78 is 66.5. The van der Waals surface area contributed by atoms with Crippen molar-refractivity contribution in [1.29, 1.82) is 0 Å². The van der Waals surface area contributed by atoms with Gasteiger partial charge >= 0.3 is 5.95 Å². The minimum absolute atomic E-state index is 0.0324. The summed E-state index contributed by atoms with van der Waals surface area (Å²) in [6.45, 7) is -5.38. The van der Waals surface area contributed by atoms with E-state index in [1.807, 2.05) is 0 Å². The van der Waals surface area contributed by atoms with Crippen molar-refractivity contribution in [2.24, 2.45) is 5.73 Å². The number of aliphatic hydroxyl groups excluding tert-OH is 19. The Kier molecular flexibility index (Phi) is 21.1. The highest BCUT2D eigenvalue weighted by Crippen LogP contribution is 2.37. The van der Waals surface area contributed by atoms with Crippen molar-refractivity contribution in [3.63, 3.8) is 0 Å². The Hall–Kier alpha value is -2.02. The molecule has 0 aromatic rings. The summed E-state index contributed by atoms with van der Waals surface area (Å²) in [5.41, 5.74) is 5.45. The summed E-state index contributed by atoms with van der Waals surface area (Å²) in [6, 6.07) is 0. The predicted octanol–water partition coefficient (Wildman–Crippen LogP) is -12.7. The molecule has 0 saturated carbocycles. The van der Waals surface area contributed by atoms with E-state index >= 15 is 0 Å².